The first-order chi connectivity index (χ1) is 13.4. The van der Waals surface area contributed by atoms with Gasteiger partial charge in [-0.15, -0.1) is 11.8 Å². The van der Waals surface area contributed by atoms with E-state index in [4.69, 9.17) is 4.74 Å². The number of thioether (sulfide) groups is 1. The van der Waals surface area contributed by atoms with Crippen LogP contribution in [0.3, 0.4) is 0 Å². The van der Waals surface area contributed by atoms with Crippen molar-refractivity contribution >= 4 is 40.9 Å². The van der Waals surface area contributed by atoms with Crippen molar-refractivity contribution < 1.29 is 23.5 Å². The number of hydrogen-bond acceptors (Lipinski definition) is 5. The number of anilines is 2. The summed E-state index contributed by atoms with van der Waals surface area (Å²) < 4.78 is 18.7. The molecule has 0 atom stereocenters. The van der Waals surface area contributed by atoms with Gasteiger partial charge in [-0.3, -0.25) is 14.4 Å². The predicted molar refractivity (Wildman–Crippen MR) is 105 cm³/mol. The highest BCUT2D eigenvalue weighted by Crippen LogP contribution is 2.34. The number of ether oxygens (including phenoxy) is 1. The first-order valence-corrected chi connectivity index (χ1v) is 9.66. The summed E-state index contributed by atoms with van der Waals surface area (Å²) in [6.45, 7) is 1.39. The topological polar surface area (TPSA) is 75.7 Å². The van der Waals surface area contributed by atoms with Gasteiger partial charge < -0.3 is 15.0 Å². The van der Waals surface area contributed by atoms with Crippen molar-refractivity contribution in [3.8, 4) is 0 Å². The second kappa shape index (κ2) is 8.88. The summed E-state index contributed by atoms with van der Waals surface area (Å²) in [5.41, 5.74) is 1.53. The maximum atomic E-state index is 13.7. The van der Waals surface area contributed by atoms with Crippen molar-refractivity contribution in [2.75, 3.05) is 29.1 Å². The monoisotopic (exact) mass is 402 g/mol. The normalized spacial score (nSPS) is 13.1. The van der Waals surface area contributed by atoms with Gasteiger partial charge in [0.25, 0.3) is 5.91 Å². The number of nitrogens with one attached hydrogen (secondary N) is 1. The van der Waals surface area contributed by atoms with E-state index >= 15 is 0 Å². The van der Waals surface area contributed by atoms with E-state index in [-0.39, 0.29) is 24.6 Å². The smallest absolute Gasteiger partial charge is 0.308 e. The molecule has 8 heteroatoms. The van der Waals surface area contributed by atoms with Crippen LogP contribution in [0.4, 0.5) is 15.8 Å². The van der Waals surface area contributed by atoms with Gasteiger partial charge in [0, 0.05) is 11.4 Å². The Kier molecular flexibility index (Phi) is 6.30. The number of carbonyl (C=O) groups excluding carboxylic acids is 3. The van der Waals surface area contributed by atoms with Gasteiger partial charge in [-0.2, -0.15) is 0 Å². The van der Waals surface area contributed by atoms with Crippen LogP contribution in [-0.2, 0) is 19.1 Å². The number of benzene rings is 2. The van der Waals surface area contributed by atoms with Gasteiger partial charge >= 0.3 is 5.97 Å². The van der Waals surface area contributed by atoms with Crippen molar-refractivity contribution in [1.29, 1.82) is 0 Å². The van der Waals surface area contributed by atoms with E-state index in [2.05, 4.69) is 5.32 Å². The number of hydrogen-bond donors (Lipinski definition) is 1. The first-order valence-electron chi connectivity index (χ1n) is 8.68. The van der Waals surface area contributed by atoms with Crippen LogP contribution < -0.4 is 10.2 Å². The van der Waals surface area contributed by atoms with E-state index in [0.717, 1.165) is 16.1 Å². The van der Waals surface area contributed by atoms with E-state index in [1.807, 2.05) is 24.3 Å². The molecule has 0 fully saturated rings. The third-order valence-electron chi connectivity index (χ3n) is 4.11. The van der Waals surface area contributed by atoms with Crippen LogP contribution in [0.25, 0.3) is 0 Å². The van der Waals surface area contributed by atoms with Crippen molar-refractivity contribution in [3.05, 3.63) is 53.8 Å². The first kappa shape index (κ1) is 19.9. The second-order valence-corrected chi connectivity index (χ2v) is 7.26. The SMILES string of the molecule is Cc1ccc(NC(=O)COC(=O)CCN2C(=O)CSc3ccccc32)c(F)c1. The van der Waals surface area contributed by atoms with Gasteiger partial charge in [0.1, 0.15) is 5.82 Å². The molecule has 2 aromatic carbocycles. The lowest BCUT2D eigenvalue weighted by Gasteiger charge is -2.28. The highest BCUT2D eigenvalue weighted by atomic mass is 32.2. The Hall–Kier alpha value is -2.87. The van der Waals surface area contributed by atoms with Gasteiger partial charge in [0.05, 0.1) is 23.5 Å². The number of amides is 2. The quantitative estimate of drug-likeness (QED) is 0.752. The van der Waals surface area contributed by atoms with Gasteiger partial charge in [-0.05, 0) is 36.8 Å². The highest BCUT2D eigenvalue weighted by Gasteiger charge is 2.25. The number of para-hydroxylation sites is 1. The minimum atomic E-state index is -0.633. The van der Waals surface area contributed by atoms with E-state index in [1.54, 1.807) is 17.9 Å². The molecule has 28 heavy (non-hydrogen) atoms. The Balaban J connectivity index is 1.48. The van der Waals surface area contributed by atoms with Crippen molar-refractivity contribution in [1.82, 2.24) is 0 Å². The number of rotatable bonds is 6. The largest absolute Gasteiger partial charge is 0.456 e. The van der Waals surface area contributed by atoms with E-state index in [1.165, 1.54) is 23.9 Å². The van der Waals surface area contributed by atoms with Crippen LogP contribution in [0.15, 0.2) is 47.4 Å². The molecule has 1 N–H and O–H groups in total. The second-order valence-electron chi connectivity index (χ2n) is 6.24. The average molecular weight is 402 g/mol. The molecule has 3 rings (SSSR count). The number of halogens is 1. The molecule has 2 aromatic rings. The Bertz CT molecular complexity index is 919. The number of fused-ring (bicyclic) bond motifs is 1. The summed E-state index contributed by atoms with van der Waals surface area (Å²) in [5.74, 6) is -1.56. The summed E-state index contributed by atoms with van der Waals surface area (Å²) in [7, 11) is 0. The molecular weight excluding hydrogens is 383 g/mol. The zero-order valence-electron chi connectivity index (χ0n) is 15.2. The lowest BCUT2D eigenvalue weighted by molar-refractivity contribution is -0.147. The molecule has 0 spiro atoms. The molecule has 0 saturated heterocycles. The van der Waals surface area contributed by atoms with E-state index in [0.29, 0.717) is 5.75 Å². The summed E-state index contributed by atoms with van der Waals surface area (Å²) in [5, 5.41) is 2.36. The van der Waals surface area contributed by atoms with Crippen molar-refractivity contribution in [3.63, 3.8) is 0 Å². The zero-order chi connectivity index (χ0) is 20.1. The molecule has 0 bridgehead atoms. The number of nitrogens with zero attached hydrogens (tertiary/aromatic N) is 1. The van der Waals surface area contributed by atoms with Gasteiger partial charge in [0.15, 0.2) is 6.61 Å². The third-order valence-corrected chi connectivity index (χ3v) is 5.16. The molecule has 0 saturated carbocycles. The number of esters is 1. The van der Waals surface area contributed by atoms with Crippen LogP contribution in [0.2, 0.25) is 0 Å². The predicted octanol–water partition coefficient (Wildman–Crippen LogP) is 3.14. The lowest BCUT2D eigenvalue weighted by Crippen LogP contribution is -2.37. The molecule has 6 nitrogen and oxygen atoms in total. The Morgan fingerprint density at radius 1 is 1.25 bits per heavy atom. The molecule has 146 valence electrons. The highest BCUT2D eigenvalue weighted by molar-refractivity contribution is 8.00. The maximum absolute atomic E-state index is 13.7. The molecule has 1 aliphatic heterocycles. The summed E-state index contributed by atoms with van der Waals surface area (Å²) in [6.07, 6.45) is -0.0447. The van der Waals surface area contributed by atoms with Crippen LogP contribution in [0, 0.1) is 12.7 Å². The fourth-order valence-electron chi connectivity index (χ4n) is 2.73. The fourth-order valence-corrected chi connectivity index (χ4v) is 3.66. The molecule has 0 aliphatic carbocycles. The molecule has 0 aromatic heterocycles. The number of carbonyl (C=O) groups is 3. The zero-order valence-corrected chi connectivity index (χ0v) is 16.1. The lowest BCUT2D eigenvalue weighted by atomic mass is 10.2. The maximum Gasteiger partial charge on any atom is 0.308 e. The summed E-state index contributed by atoms with van der Waals surface area (Å²) >= 11 is 1.46. The Morgan fingerprint density at radius 2 is 2.04 bits per heavy atom. The summed E-state index contributed by atoms with van der Waals surface area (Å²) in [6, 6.07) is 11.9. The molecular formula is C20H19FN2O4S. The molecule has 2 amide bonds. The van der Waals surface area contributed by atoms with Crippen molar-refractivity contribution in [2.24, 2.45) is 0 Å². The van der Waals surface area contributed by atoms with Crippen LogP contribution in [0.5, 0.6) is 0 Å². The van der Waals surface area contributed by atoms with Crippen molar-refractivity contribution in [2.45, 2.75) is 18.2 Å². The van der Waals surface area contributed by atoms with Gasteiger partial charge in [-0.25, -0.2) is 4.39 Å². The number of aryl methyl sites for hydroxylation is 1. The van der Waals surface area contributed by atoms with Crippen LogP contribution in [0.1, 0.15) is 12.0 Å². The van der Waals surface area contributed by atoms with E-state index < -0.39 is 24.3 Å². The molecule has 0 radical (unpaired) electrons. The molecule has 1 heterocycles. The average Bonchev–Trinajstić information content (AvgIpc) is 2.68. The van der Waals surface area contributed by atoms with Gasteiger partial charge in [0.2, 0.25) is 5.91 Å². The van der Waals surface area contributed by atoms with E-state index in [9.17, 15) is 18.8 Å². The van der Waals surface area contributed by atoms with Crippen LogP contribution in [-0.4, -0.2) is 36.7 Å². The Labute approximate surface area is 166 Å². The minimum Gasteiger partial charge on any atom is -0.456 e. The fraction of sp³-hybridized carbons (Fsp3) is 0.250. The molecule has 1 aliphatic rings. The Morgan fingerprint density at radius 3 is 2.82 bits per heavy atom. The minimum absolute atomic E-state index is 0.0275. The summed E-state index contributed by atoms with van der Waals surface area (Å²) in [4.78, 5) is 38.5. The van der Waals surface area contributed by atoms with Gasteiger partial charge in [-0.1, -0.05) is 18.2 Å². The van der Waals surface area contributed by atoms with Crippen LogP contribution >= 0.6 is 11.8 Å². The standard InChI is InChI=1S/C20H19FN2O4S/c1-13-6-7-15(14(21)10-13)22-18(24)11-27-20(26)8-9-23-16-4-2-3-5-17(16)28-12-19(23)25/h2-7,10H,8-9,11-12H2,1H3,(H,22,24). The molecule has 0 unspecified atom stereocenters. The third kappa shape index (κ3) is 4.89.